The van der Waals surface area contributed by atoms with Crippen LogP contribution in [0.5, 0.6) is 0 Å². The molecule has 0 bridgehead atoms. The lowest BCUT2D eigenvalue weighted by atomic mass is 10.0. The first kappa shape index (κ1) is 31.5. The summed E-state index contributed by atoms with van der Waals surface area (Å²) in [4.78, 5) is 10.6. The number of nitrogens with zero attached hydrogens (tertiary/aromatic N) is 2. The van der Waals surface area contributed by atoms with E-state index in [9.17, 15) is 66.6 Å². The van der Waals surface area contributed by atoms with E-state index in [4.69, 9.17) is 5.11 Å². The first-order chi connectivity index (χ1) is 14.2. The summed E-state index contributed by atoms with van der Waals surface area (Å²) in [6.07, 6.45) is -10.9. The minimum Gasteiger partial charge on any atom is -0.481 e. The molecule has 1 atom stereocenters. The summed E-state index contributed by atoms with van der Waals surface area (Å²) in [5, 5.41) is 11.1. The number of aliphatic hydroxyl groups excluding tert-OH is 1. The van der Waals surface area contributed by atoms with Crippen molar-refractivity contribution >= 4 is 16.0 Å². The number of rotatable bonds is 12. The number of carboxylic acids is 1. The standard InChI is InChI=1S/C14H19F11N2O5S/c1-27(2,3)7-8(28)6-26(5-4-9(29)30)33(31,32)14(24,25)12(19,20)10(15,16)11(17,18)13(21,22)23/h8,28H,4-7H2,1-3H3/p+1. The number of sulfonamides is 1. The number of carboxylic acid groups (broad SMARTS) is 1. The van der Waals surface area contributed by atoms with Gasteiger partial charge in [0.1, 0.15) is 12.6 Å². The molecule has 0 spiro atoms. The Morgan fingerprint density at radius 2 is 1.30 bits per heavy atom. The van der Waals surface area contributed by atoms with Crippen molar-refractivity contribution in [1.82, 2.24) is 4.31 Å². The summed E-state index contributed by atoms with van der Waals surface area (Å²) in [6, 6.07) is 0. The van der Waals surface area contributed by atoms with Crippen LogP contribution in [0, 0.1) is 0 Å². The van der Waals surface area contributed by atoms with Crippen LogP contribution in [0.15, 0.2) is 0 Å². The molecule has 0 heterocycles. The zero-order chi connectivity index (χ0) is 27.1. The lowest BCUT2D eigenvalue weighted by Crippen LogP contribution is -2.69. The van der Waals surface area contributed by atoms with Crippen LogP contribution in [0.4, 0.5) is 48.3 Å². The Kier molecular flexibility index (Phi) is 8.88. The second-order valence-corrected chi connectivity index (χ2v) is 9.85. The summed E-state index contributed by atoms with van der Waals surface area (Å²) < 4.78 is 168. The second kappa shape index (κ2) is 9.29. The fourth-order valence-corrected chi connectivity index (χ4v) is 3.81. The quantitative estimate of drug-likeness (QED) is 0.294. The van der Waals surface area contributed by atoms with Crippen molar-refractivity contribution in [3.05, 3.63) is 0 Å². The molecule has 198 valence electrons. The Morgan fingerprint density at radius 3 is 1.64 bits per heavy atom. The van der Waals surface area contributed by atoms with Gasteiger partial charge in [0.25, 0.3) is 10.0 Å². The van der Waals surface area contributed by atoms with Gasteiger partial charge < -0.3 is 14.7 Å². The van der Waals surface area contributed by atoms with Gasteiger partial charge in [-0.2, -0.15) is 52.6 Å². The van der Waals surface area contributed by atoms with Crippen LogP contribution < -0.4 is 0 Å². The molecule has 33 heavy (non-hydrogen) atoms. The molecule has 0 aliphatic carbocycles. The van der Waals surface area contributed by atoms with Crippen LogP contribution in [-0.4, -0.2) is 109 Å². The van der Waals surface area contributed by atoms with Gasteiger partial charge >= 0.3 is 35.2 Å². The van der Waals surface area contributed by atoms with Crippen molar-refractivity contribution in [2.75, 3.05) is 40.8 Å². The lowest BCUT2D eigenvalue weighted by Gasteiger charge is -2.38. The molecule has 0 fully saturated rings. The van der Waals surface area contributed by atoms with Gasteiger partial charge in [-0.3, -0.25) is 4.79 Å². The summed E-state index contributed by atoms with van der Waals surface area (Å²) in [5.41, 5.74) is 0. The molecular weight excluding hydrogens is 517 g/mol. The number of hydrogen-bond acceptors (Lipinski definition) is 4. The average Bonchev–Trinajstić information content (AvgIpc) is 2.54. The van der Waals surface area contributed by atoms with E-state index < -0.39 is 81.7 Å². The Morgan fingerprint density at radius 1 is 0.879 bits per heavy atom. The fourth-order valence-electron chi connectivity index (χ4n) is 2.34. The molecule has 7 nitrogen and oxygen atoms in total. The SMILES string of the molecule is C[N+](C)(C)CC(O)CN(CCC(=O)O)S(=O)(=O)C(F)(F)C(F)(F)C(F)(F)C(F)(F)C(F)(F)F. The highest BCUT2D eigenvalue weighted by molar-refractivity contribution is 7.90. The lowest BCUT2D eigenvalue weighted by molar-refractivity contribution is -0.873. The molecule has 0 aromatic rings. The number of aliphatic carboxylic acids is 1. The van der Waals surface area contributed by atoms with E-state index in [2.05, 4.69) is 0 Å². The Bertz CT molecular complexity index is 809. The van der Waals surface area contributed by atoms with Crippen LogP contribution in [0.25, 0.3) is 0 Å². The average molecular weight is 537 g/mol. The van der Waals surface area contributed by atoms with Gasteiger partial charge in [0.15, 0.2) is 0 Å². The van der Waals surface area contributed by atoms with E-state index in [1.165, 1.54) is 21.1 Å². The minimum absolute atomic E-state index is 0.212. The highest BCUT2D eigenvalue weighted by atomic mass is 32.2. The molecule has 1 unspecified atom stereocenters. The van der Waals surface area contributed by atoms with Crippen LogP contribution >= 0.6 is 0 Å². The molecule has 0 saturated carbocycles. The molecule has 0 aromatic heterocycles. The second-order valence-electron chi connectivity index (χ2n) is 7.87. The highest BCUT2D eigenvalue weighted by Gasteiger charge is 2.89. The summed E-state index contributed by atoms with van der Waals surface area (Å²) in [5.74, 6) is -25.5. The van der Waals surface area contributed by atoms with Gasteiger partial charge in [0, 0.05) is 13.1 Å². The van der Waals surface area contributed by atoms with E-state index in [1.807, 2.05) is 0 Å². The van der Waals surface area contributed by atoms with Crippen molar-refractivity contribution in [2.24, 2.45) is 0 Å². The fraction of sp³-hybridized carbons (Fsp3) is 0.929. The third kappa shape index (κ3) is 6.16. The summed E-state index contributed by atoms with van der Waals surface area (Å²) in [7, 11) is -3.17. The number of likely N-dealkylation sites (N-methyl/N-ethyl adjacent to an activating group) is 1. The number of carbonyl (C=O) groups is 1. The van der Waals surface area contributed by atoms with Crippen molar-refractivity contribution < 1.29 is 76.2 Å². The Hall–Kier alpha value is -1.47. The molecule has 0 aliphatic heterocycles. The number of quaternary nitrogens is 1. The number of hydrogen-bond donors (Lipinski definition) is 2. The van der Waals surface area contributed by atoms with E-state index in [0.29, 0.717) is 0 Å². The molecule has 0 radical (unpaired) electrons. The summed E-state index contributed by atoms with van der Waals surface area (Å²) >= 11 is 0. The number of alkyl halides is 11. The topological polar surface area (TPSA) is 94.9 Å². The molecule has 0 aliphatic rings. The highest BCUT2D eigenvalue weighted by Crippen LogP contribution is 2.58. The maximum Gasteiger partial charge on any atom is 0.460 e. The molecule has 0 rings (SSSR count). The van der Waals surface area contributed by atoms with E-state index in [-0.39, 0.29) is 4.48 Å². The van der Waals surface area contributed by atoms with Gasteiger partial charge in [0.05, 0.1) is 27.6 Å². The largest absolute Gasteiger partial charge is 0.481 e. The summed E-state index contributed by atoms with van der Waals surface area (Å²) in [6.45, 7) is -3.74. The maximum atomic E-state index is 14.2. The maximum absolute atomic E-state index is 14.2. The van der Waals surface area contributed by atoms with Crippen LogP contribution in [0.2, 0.25) is 0 Å². The zero-order valence-corrected chi connectivity index (χ0v) is 17.8. The van der Waals surface area contributed by atoms with Gasteiger partial charge in [-0.25, -0.2) is 8.42 Å². The van der Waals surface area contributed by atoms with Gasteiger partial charge in [0.2, 0.25) is 0 Å². The Labute approximate surface area is 180 Å². The Balaban J connectivity index is 6.53. The smallest absolute Gasteiger partial charge is 0.460 e. The zero-order valence-electron chi connectivity index (χ0n) is 17.0. The number of halogens is 11. The third-order valence-electron chi connectivity index (χ3n) is 3.92. The molecule has 0 saturated heterocycles. The van der Waals surface area contributed by atoms with Crippen molar-refractivity contribution in [1.29, 1.82) is 0 Å². The normalized spacial score (nSPS) is 16.2. The van der Waals surface area contributed by atoms with Gasteiger partial charge in [-0.05, 0) is 0 Å². The molecule has 0 aromatic carbocycles. The van der Waals surface area contributed by atoms with Crippen LogP contribution in [-0.2, 0) is 14.8 Å². The first-order valence-electron chi connectivity index (χ1n) is 8.45. The predicted octanol–water partition coefficient (Wildman–Crippen LogP) is 2.22. The van der Waals surface area contributed by atoms with E-state index >= 15 is 0 Å². The first-order valence-corrected chi connectivity index (χ1v) is 9.89. The predicted molar refractivity (Wildman–Crippen MR) is 87.5 cm³/mol. The molecule has 2 N–H and O–H groups in total. The minimum atomic E-state index is -7.96. The van der Waals surface area contributed by atoms with Gasteiger partial charge in [-0.1, -0.05) is 0 Å². The van der Waals surface area contributed by atoms with E-state index in [0.717, 1.165) is 0 Å². The molecular formula is C14H20F11N2O5S+. The third-order valence-corrected chi connectivity index (χ3v) is 5.84. The van der Waals surface area contributed by atoms with Crippen LogP contribution in [0.1, 0.15) is 6.42 Å². The van der Waals surface area contributed by atoms with Crippen molar-refractivity contribution in [2.45, 2.75) is 41.7 Å². The van der Waals surface area contributed by atoms with Crippen molar-refractivity contribution in [3.8, 4) is 0 Å². The van der Waals surface area contributed by atoms with E-state index in [1.54, 1.807) is 0 Å². The molecule has 0 amide bonds. The van der Waals surface area contributed by atoms with Gasteiger partial charge in [-0.15, -0.1) is 0 Å². The number of aliphatic hydroxyl groups is 1. The van der Waals surface area contributed by atoms with Crippen LogP contribution in [0.3, 0.4) is 0 Å². The molecule has 19 heteroatoms. The monoisotopic (exact) mass is 537 g/mol. The van der Waals surface area contributed by atoms with Crippen molar-refractivity contribution in [3.63, 3.8) is 0 Å².